The minimum Gasteiger partial charge on any atom is -0.495 e. The van der Waals surface area contributed by atoms with Crippen LogP contribution < -0.4 is 10.1 Å². The van der Waals surface area contributed by atoms with Gasteiger partial charge in [-0.1, -0.05) is 43.1 Å². The molecule has 0 spiro atoms. The molecule has 2 aromatic carbocycles. The van der Waals surface area contributed by atoms with E-state index in [1.54, 1.807) is 19.2 Å². The first-order valence-corrected chi connectivity index (χ1v) is 11.3. The summed E-state index contributed by atoms with van der Waals surface area (Å²) in [6.07, 6.45) is 1.76. The van der Waals surface area contributed by atoms with Gasteiger partial charge in [0.15, 0.2) is 11.6 Å². The SMILES string of the molecule is CCCc1nn(C)c2c(NCc3ccc(OC)c(Cl)c3)nc(-c3ccc(C(=O)OC)cc3)nc12. The monoisotopic (exact) mass is 479 g/mol. The molecule has 0 saturated carbocycles. The number of nitrogens with zero attached hydrogens (tertiary/aromatic N) is 4. The smallest absolute Gasteiger partial charge is 0.337 e. The Morgan fingerprint density at radius 2 is 1.88 bits per heavy atom. The van der Waals surface area contributed by atoms with E-state index < -0.39 is 0 Å². The summed E-state index contributed by atoms with van der Waals surface area (Å²) in [6, 6.07) is 12.7. The number of hydrogen-bond donors (Lipinski definition) is 1. The zero-order valence-electron chi connectivity index (χ0n) is 19.6. The maximum absolute atomic E-state index is 11.8. The number of esters is 1. The van der Waals surface area contributed by atoms with Crippen molar-refractivity contribution in [2.45, 2.75) is 26.3 Å². The van der Waals surface area contributed by atoms with Crippen molar-refractivity contribution < 1.29 is 14.3 Å². The minimum absolute atomic E-state index is 0.388. The molecule has 0 aliphatic rings. The molecule has 1 N–H and O–H groups in total. The molecule has 2 heterocycles. The third-order valence-electron chi connectivity index (χ3n) is 5.48. The Balaban J connectivity index is 1.75. The van der Waals surface area contributed by atoms with Gasteiger partial charge >= 0.3 is 5.97 Å². The van der Waals surface area contributed by atoms with Gasteiger partial charge in [-0.3, -0.25) is 4.68 Å². The first-order valence-electron chi connectivity index (χ1n) is 10.9. The molecule has 0 unspecified atom stereocenters. The second kappa shape index (κ2) is 10.1. The van der Waals surface area contributed by atoms with Crippen LogP contribution >= 0.6 is 11.6 Å². The summed E-state index contributed by atoms with van der Waals surface area (Å²) < 4.78 is 11.8. The van der Waals surface area contributed by atoms with Gasteiger partial charge in [0.25, 0.3) is 0 Å². The topological polar surface area (TPSA) is 91.2 Å². The van der Waals surface area contributed by atoms with Gasteiger partial charge in [0, 0.05) is 19.2 Å². The van der Waals surface area contributed by atoms with Crippen LogP contribution in [0.2, 0.25) is 5.02 Å². The van der Waals surface area contributed by atoms with Crippen LogP contribution in [0.15, 0.2) is 42.5 Å². The van der Waals surface area contributed by atoms with E-state index in [0.717, 1.165) is 40.7 Å². The molecule has 34 heavy (non-hydrogen) atoms. The van der Waals surface area contributed by atoms with E-state index in [4.69, 9.17) is 36.1 Å². The van der Waals surface area contributed by atoms with Gasteiger partial charge in [-0.05, 0) is 36.2 Å². The molecule has 2 aromatic heterocycles. The zero-order valence-corrected chi connectivity index (χ0v) is 20.3. The van der Waals surface area contributed by atoms with E-state index in [-0.39, 0.29) is 5.97 Å². The molecule has 0 aliphatic carbocycles. The van der Waals surface area contributed by atoms with E-state index in [1.807, 2.05) is 42.1 Å². The molecular weight excluding hydrogens is 454 g/mol. The average molecular weight is 480 g/mol. The van der Waals surface area contributed by atoms with Crippen molar-refractivity contribution >= 4 is 34.4 Å². The number of ether oxygens (including phenoxy) is 2. The fourth-order valence-electron chi connectivity index (χ4n) is 3.78. The van der Waals surface area contributed by atoms with Crippen molar-refractivity contribution in [1.29, 1.82) is 0 Å². The Morgan fingerprint density at radius 1 is 1.12 bits per heavy atom. The zero-order chi connectivity index (χ0) is 24.2. The second-order valence-electron chi connectivity index (χ2n) is 7.80. The molecule has 0 fully saturated rings. The number of methoxy groups -OCH3 is 2. The van der Waals surface area contributed by atoms with E-state index >= 15 is 0 Å². The number of carbonyl (C=O) groups excluding carboxylic acids is 1. The Hall–Kier alpha value is -3.65. The van der Waals surface area contributed by atoms with Gasteiger partial charge < -0.3 is 14.8 Å². The number of hydrogen-bond acceptors (Lipinski definition) is 7. The molecule has 176 valence electrons. The van der Waals surface area contributed by atoms with Crippen molar-refractivity contribution in [1.82, 2.24) is 19.7 Å². The van der Waals surface area contributed by atoms with Crippen LogP contribution in [0.3, 0.4) is 0 Å². The third kappa shape index (κ3) is 4.68. The Bertz CT molecular complexity index is 1330. The molecule has 0 aliphatic heterocycles. The van der Waals surface area contributed by atoms with E-state index in [2.05, 4.69) is 12.2 Å². The Morgan fingerprint density at radius 3 is 2.53 bits per heavy atom. The van der Waals surface area contributed by atoms with Gasteiger partial charge in [-0.25, -0.2) is 14.8 Å². The van der Waals surface area contributed by atoms with E-state index in [1.165, 1.54) is 7.11 Å². The number of carbonyl (C=O) groups is 1. The molecule has 0 saturated heterocycles. The molecule has 9 heteroatoms. The lowest BCUT2D eigenvalue weighted by Gasteiger charge is -2.11. The van der Waals surface area contributed by atoms with Crippen molar-refractivity contribution in [3.63, 3.8) is 0 Å². The number of rotatable bonds is 8. The largest absolute Gasteiger partial charge is 0.495 e. The number of benzene rings is 2. The van der Waals surface area contributed by atoms with E-state index in [0.29, 0.717) is 34.5 Å². The average Bonchev–Trinajstić information content (AvgIpc) is 3.17. The number of halogens is 1. The van der Waals surface area contributed by atoms with Gasteiger partial charge in [-0.2, -0.15) is 5.10 Å². The molecule has 0 atom stereocenters. The quantitative estimate of drug-likeness (QED) is 0.354. The lowest BCUT2D eigenvalue weighted by Crippen LogP contribution is -2.06. The summed E-state index contributed by atoms with van der Waals surface area (Å²) in [5.41, 5.74) is 4.80. The van der Waals surface area contributed by atoms with Gasteiger partial charge in [0.2, 0.25) is 0 Å². The van der Waals surface area contributed by atoms with Crippen molar-refractivity contribution in [2.75, 3.05) is 19.5 Å². The molecule has 8 nitrogen and oxygen atoms in total. The second-order valence-corrected chi connectivity index (χ2v) is 8.21. The highest BCUT2D eigenvalue weighted by Crippen LogP contribution is 2.29. The lowest BCUT2D eigenvalue weighted by molar-refractivity contribution is 0.0600. The van der Waals surface area contributed by atoms with Gasteiger partial charge in [-0.15, -0.1) is 0 Å². The highest BCUT2D eigenvalue weighted by Gasteiger charge is 2.18. The standard InChI is InChI=1S/C25H26ClN5O3/c1-5-6-19-21-22(31(2)30-19)24(27-14-15-7-12-20(33-3)18(26)13-15)29-23(28-21)16-8-10-17(11-9-16)25(32)34-4/h7-13H,5-6,14H2,1-4H3,(H,27,28,29). The van der Waals surface area contributed by atoms with Crippen LogP contribution in [0.25, 0.3) is 22.4 Å². The van der Waals surface area contributed by atoms with Crippen LogP contribution in [-0.4, -0.2) is 39.9 Å². The highest BCUT2D eigenvalue weighted by atomic mass is 35.5. The first kappa shape index (κ1) is 23.5. The maximum Gasteiger partial charge on any atom is 0.337 e. The van der Waals surface area contributed by atoms with Gasteiger partial charge in [0.1, 0.15) is 16.8 Å². The van der Waals surface area contributed by atoms with Crippen LogP contribution in [0, 0.1) is 0 Å². The van der Waals surface area contributed by atoms with Crippen LogP contribution in [-0.2, 0) is 24.8 Å². The van der Waals surface area contributed by atoms with Crippen LogP contribution in [0.5, 0.6) is 5.75 Å². The fourth-order valence-corrected chi connectivity index (χ4v) is 4.06. The number of aryl methyl sites for hydroxylation is 2. The van der Waals surface area contributed by atoms with Gasteiger partial charge in [0.05, 0.1) is 30.5 Å². The summed E-state index contributed by atoms with van der Waals surface area (Å²) in [5, 5.41) is 8.67. The predicted molar refractivity (Wildman–Crippen MR) is 132 cm³/mol. The molecule has 4 aromatic rings. The van der Waals surface area contributed by atoms with Crippen molar-refractivity contribution in [3.05, 3.63) is 64.3 Å². The van der Waals surface area contributed by atoms with Crippen molar-refractivity contribution in [3.8, 4) is 17.1 Å². The molecule has 4 rings (SSSR count). The minimum atomic E-state index is -0.388. The maximum atomic E-state index is 11.8. The fraction of sp³-hybridized carbons (Fsp3) is 0.280. The third-order valence-corrected chi connectivity index (χ3v) is 5.77. The van der Waals surface area contributed by atoms with E-state index in [9.17, 15) is 4.79 Å². The number of aromatic nitrogens is 4. The van der Waals surface area contributed by atoms with Crippen LogP contribution in [0.4, 0.5) is 5.82 Å². The molecule has 0 bridgehead atoms. The predicted octanol–water partition coefficient (Wildman–Crippen LogP) is 5.04. The summed E-state index contributed by atoms with van der Waals surface area (Å²) in [7, 11) is 4.84. The summed E-state index contributed by atoms with van der Waals surface area (Å²) >= 11 is 6.29. The normalized spacial score (nSPS) is 11.0. The summed E-state index contributed by atoms with van der Waals surface area (Å²) in [5.74, 6) is 1.45. The molecule has 0 amide bonds. The highest BCUT2D eigenvalue weighted by molar-refractivity contribution is 6.32. The van der Waals surface area contributed by atoms with Crippen molar-refractivity contribution in [2.24, 2.45) is 7.05 Å². The summed E-state index contributed by atoms with van der Waals surface area (Å²) in [6.45, 7) is 2.62. The first-order chi connectivity index (χ1) is 16.4. The van der Waals surface area contributed by atoms with Crippen LogP contribution in [0.1, 0.15) is 35.0 Å². The number of anilines is 1. The Labute approximate surface area is 202 Å². The summed E-state index contributed by atoms with van der Waals surface area (Å²) in [4.78, 5) is 21.5. The molecule has 0 radical (unpaired) electrons. The lowest BCUT2D eigenvalue weighted by atomic mass is 10.1. The number of nitrogens with one attached hydrogen (secondary N) is 1. The molecular formula is C25H26ClN5O3. The Kier molecular flexibility index (Phi) is 6.98. The number of fused-ring (bicyclic) bond motifs is 1.